The van der Waals surface area contributed by atoms with E-state index in [-0.39, 0.29) is 5.75 Å². The lowest BCUT2D eigenvalue weighted by Gasteiger charge is -2.12. The van der Waals surface area contributed by atoms with E-state index in [9.17, 15) is 8.42 Å². The molecule has 28 heavy (non-hydrogen) atoms. The van der Waals surface area contributed by atoms with Crippen molar-refractivity contribution < 1.29 is 13.2 Å². The predicted octanol–water partition coefficient (Wildman–Crippen LogP) is 4.46. The van der Waals surface area contributed by atoms with E-state index >= 15 is 0 Å². The Labute approximate surface area is 166 Å². The van der Waals surface area contributed by atoms with Crippen LogP contribution in [0.2, 0.25) is 0 Å². The van der Waals surface area contributed by atoms with Gasteiger partial charge >= 0.3 is 0 Å². The van der Waals surface area contributed by atoms with Gasteiger partial charge in [-0.25, -0.2) is 8.42 Å². The third-order valence-electron chi connectivity index (χ3n) is 4.86. The van der Waals surface area contributed by atoms with Crippen LogP contribution in [0, 0.1) is 0 Å². The summed E-state index contributed by atoms with van der Waals surface area (Å²) in [6, 6.07) is 13.2. The molecule has 0 saturated carbocycles. The Bertz CT molecular complexity index is 1070. The van der Waals surface area contributed by atoms with E-state index < -0.39 is 10.0 Å². The first-order chi connectivity index (χ1) is 13.4. The summed E-state index contributed by atoms with van der Waals surface area (Å²) >= 11 is 0. The summed E-state index contributed by atoms with van der Waals surface area (Å²) in [6.07, 6.45) is 2.10. The molecule has 2 aromatic carbocycles. The summed E-state index contributed by atoms with van der Waals surface area (Å²) in [5.41, 5.74) is 10.7. The number of anilines is 2. The van der Waals surface area contributed by atoms with Crippen LogP contribution in [0.5, 0.6) is 5.75 Å². The lowest BCUT2D eigenvalue weighted by molar-refractivity contribution is 0.415. The van der Waals surface area contributed by atoms with Gasteiger partial charge in [0.2, 0.25) is 10.0 Å². The van der Waals surface area contributed by atoms with Crippen molar-refractivity contribution in [2.45, 2.75) is 33.2 Å². The first kappa shape index (κ1) is 20.1. The number of methoxy groups -OCH3 is 1. The number of aryl methyl sites for hydroxylation is 1. The molecule has 0 fully saturated rings. The molecule has 0 bridgehead atoms. The molecule has 0 radical (unpaired) electrons. The van der Waals surface area contributed by atoms with Gasteiger partial charge in [0, 0.05) is 29.2 Å². The van der Waals surface area contributed by atoms with Gasteiger partial charge in [-0.1, -0.05) is 25.5 Å². The van der Waals surface area contributed by atoms with Gasteiger partial charge in [0.05, 0.1) is 29.8 Å². The van der Waals surface area contributed by atoms with Gasteiger partial charge in [0.15, 0.2) is 0 Å². The molecule has 0 spiro atoms. The molecular weight excluding hydrogens is 374 g/mol. The van der Waals surface area contributed by atoms with Crippen molar-refractivity contribution in [3.8, 4) is 17.0 Å². The lowest BCUT2D eigenvalue weighted by atomic mass is 10.1. The van der Waals surface area contributed by atoms with Crippen molar-refractivity contribution in [3.05, 3.63) is 42.5 Å². The number of fused-ring (bicyclic) bond motifs is 1. The number of unbranched alkanes of at least 4 members (excludes halogenated alkanes) is 1. The van der Waals surface area contributed by atoms with Crippen LogP contribution in [0.15, 0.2) is 42.5 Å². The van der Waals surface area contributed by atoms with Crippen LogP contribution >= 0.6 is 0 Å². The maximum absolute atomic E-state index is 11.8. The van der Waals surface area contributed by atoms with Crippen LogP contribution in [-0.4, -0.2) is 25.8 Å². The number of ether oxygens (including phenoxy) is 1. The van der Waals surface area contributed by atoms with Crippen LogP contribution in [0.1, 0.15) is 26.7 Å². The van der Waals surface area contributed by atoms with Gasteiger partial charge in [-0.2, -0.15) is 0 Å². The highest BCUT2D eigenvalue weighted by molar-refractivity contribution is 7.92. The van der Waals surface area contributed by atoms with Gasteiger partial charge in [0.1, 0.15) is 5.75 Å². The summed E-state index contributed by atoms with van der Waals surface area (Å²) in [6.45, 7) is 4.61. The Hall–Kier alpha value is -2.67. The van der Waals surface area contributed by atoms with Gasteiger partial charge in [-0.3, -0.25) is 4.72 Å². The fourth-order valence-corrected chi connectivity index (χ4v) is 3.93. The molecule has 0 amide bonds. The Kier molecular flexibility index (Phi) is 5.84. The van der Waals surface area contributed by atoms with Gasteiger partial charge in [-0.15, -0.1) is 0 Å². The molecule has 6 nitrogen and oxygen atoms in total. The zero-order chi connectivity index (χ0) is 20.3. The number of nitrogens with two attached hydrogens (primary N) is 1. The highest BCUT2D eigenvalue weighted by atomic mass is 32.2. The monoisotopic (exact) mass is 401 g/mol. The minimum atomic E-state index is -3.30. The molecule has 1 heterocycles. The van der Waals surface area contributed by atoms with Crippen molar-refractivity contribution in [1.82, 2.24) is 4.57 Å². The van der Waals surface area contributed by atoms with Gasteiger partial charge < -0.3 is 15.0 Å². The Morgan fingerprint density at radius 1 is 1.11 bits per heavy atom. The second-order valence-corrected chi connectivity index (χ2v) is 8.74. The Morgan fingerprint density at radius 3 is 2.43 bits per heavy atom. The van der Waals surface area contributed by atoms with Crippen molar-refractivity contribution >= 4 is 32.3 Å². The van der Waals surface area contributed by atoms with Crippen molar-refractivity contribution in [2.75, 3.05) is 23.3 Å². The van der Waals surface area contributed by atoms with E-state index in [0.29, 0.717) is 5.69 Å². The van der Waals surface area contributed by atoms with Gasteiger partial charge in [-0.05, 0) is 37.6 Å². The molecule has 0 atom stereocenters. The predicted molar refractivity (Wildman–Crippen MR) is 116 cm³/mol. The summed E-state index contributed by atoms with van der Waals surface area (Å²) in [5.74, 6) is 0.827. The first-order valence-electron chi connectivity index (χ1n) is 9.46. The van der Waals surface area contributed by atoms with Crippen LogP contribution in [0.4, 0.5) is 11.4 Å². The van der Waals surface area contributed by atoms with E-state index in [2.05, 4.69) is 16.2 Å². The average molecular weight is 402 g/mol. The molecule has 3 aromatic rings. The number of nitrogen functional groups attached to an aromatic ring is 1. The summed E-state index contributed by atoms with van der Waals surface area (Å²) < 4.78 is 33.7. The highest BCUT2D eigenvalue weighted by Gasteiger charge is 2.17. The van der Waals surface area contributed by atoms with E-state index in [1.807, 2.05) is 30.3 Å². The van der Waals surface area contributed by atoms with E-state index in [4.69, 9.17) is 10.5 Å². The third kappa shape index (κ3) is 3.94. The Morgan fingerprint density at radius 2 is 1.82 bits per heavy atom. The molecule has 0 aliphatic carbocycles. The fourth-order valence-electron chi connectivity index (χ4n) is 3.29. The number of sulfonamides is 1. The zero-order valence-corrected chi connectivity index (χ0v) is 17.3. The minimum absolute atomic E-state index is 0.0365. The minimum Gasteiger partial charge on any atom is -0.497 e. The van der Waals surface area contributed by atoms with Crippen LogP contribution < -0.4 is 15.2 Å². The Balaban J connectivity index is 2.09. The number of hydrogen-bond donors (Lipinski definition) is 2. The molecular formula is C21H27N3O3S. The lowest BCUT2D eigenvalue weighted by Crippen LogP contribution is -2.14. The zero-order valence-electron chi connectivity index (χ0n) is 16.5. The normalized spacial score (nSPS) is 11.7. The van der Waals surface area contributed by atoms with Crippen molar-refractivity contribution in [1.29, 1.82) is 0 Å². The molecule has 3 N–H and O–H groups in total. The number of benzene rings is 2. The number of rotatable bonds is 8. The molecule has 0 unspecified atom stereocenters. The summed E-state index contributed by atoms with van der Waals surface area (Å²) in [5, 5.41) is 0.989. The molecule has 0 aliphatic heterocycles. The average Bonchev–Trinajstić information content (AvgIpc) is 2.98. The molecule has 1 aromatic heterocycles. The number of nitrogens with one attached hydrogen (secondary N) is 1. The van der Waals surface area contributed by atoms with Crippen LogP contribution in [0.3, 0.4) is 0 Å². The standard InChI is InChI=1S/C21H27N3O3S/c1-4-6-13-24-19-14-17(27-3)11-12-18(19)20(22)21(24)15-7-9-16(10-8-15)23-28(25,26)5-2/h7-12,14,23H,4-6,13,22H2,1-3H3. The van der Waals surface area contributed by atoms with E-state index in [0.717, 1.165) is 53.0 Å². The molecule has 7 heteroatoms. The second kappa shape index (κ2) is 8.14. The number of hydrogen-bond acceptors (Lipinski definition) is 4. The number of nitrogens with zero attached hydrogens (tertiary/aromatic N) is 1. The summed E-state index contributed by atoms with van der Waals surface area (Å²) in [7, 11) is -1.65. The largest absolute Gasteiger partial charge is 0.497 e. The van der Waals surface area contributed by atoms with Crippen LogP contribution in [0.25, 0.3) is 22.2 Å². The molecule has 0 aliphatic rings. The first-order valence-corrected chi connectivity index (χ1v) is 11.1. The molecule has 3 rings (SSSR count). The van der Waals surface area contributed by atoms with Crippen molar-refractivity contribution in [2.24, 2.45) is 0 Å². The smallest absolute Gasteiger partial charge is 0.232 e. The van der Waals surface area contributed by atoms with Crippen molar-refractivity contribution in [3.63, 3.8) is 0 Å². The SMILES string of the molecule is CCCCn1c(-c2ccc(NS(=O)(=O)CC)cc2)c(N)c2ccc(OC)cc21. The number of aromatic nitrogens is 1. The second-order valence-electron chi connectivity index (χ2n) is 6.73. The van der Waals surface area contributed by atoms with E-state index in [1.54, 1.807) is 26.2 Å². The fraction of sp³-hybridized carbons (Fsp3) is 0.333. The molecule has 150 valence electrons. The third-order valence-corrected chi connectivity index (χ3v) is 6.16. The van der Waals surface area contributed by atoms with Gasteiger partial charge in [0.25, 0.3) is 0 Å². The highest BCUT2D eigenvalue weighted by Crippen LogP contribution is 2.38. The maximum Gasteiger partial charge on any atom is 0.232 e. The van der Waals surface area contributed by atoms with Crippen LogP contribution in [-0.2, 0) is 16.6 Å². The maximum atomic E-state index is 11.8. The van der Waals surface area contributed by atoms with E-state index in [1.165, 1.54) is 0 Å². The quantitative estimate of drug-likeness (QED) is 0.583. The molecule has 0 saturated heterocycles. The summed E-state index contributed by atoms with van der Waals surface area (Å²) in [4.78, 5) is 0. The topological polar surface area (TPSA) is 86.4 Å².